The van der Waals surface area contributed by atoms with Crippen LogP contribution >= 0.6 is 0 Å². The van der Waals surface area contributed by atoms with Crippen LogP contribution in [0.25, 0.3) is 0 Å². The zero-order valence-electron chi connectivity index (χ0n) is 8.49. The maximum atomic E-state index is 4.11. The Morgan fingerprint density at radius 1 is 1.54 bits per heavy atom. The first-order chi connectivity index (χ1) is 6.22. The van der Waals surface area contributed by atoms with E-state index in [1.54, 1.807) is 7.05 Å². The normalized spacial score (nSPS) is 13.2. The van der Waals surface area contributed by atoms with Crippen LogP contribution in [0.4, 0.5) is 0 Å². The van der Waals surface area contributed by atoms with Gasteiger partial charge in [-0.1, -0.05) is 0 Å². The Hall–Kier alpha value is -0.970. The molecule has 0 saturated heterocycles. The number of hydrogen-bond acceptors (Lipinski definition) is 4. The third-order valence-corrected chi connectivity index (χ3v) is 2.08. The molecule has 0 radical (unpaired) electrons. The SMILES string of the molecule is CNC(C)CCCc1nnn(C)n1. The van der Waals surface area contributed by atoms with Crippen molar-refractivity contribution in [1.82, 2.24) is 25.5 Å². The molecule has 0 amide bonds. The van der Waals surface area contributed by atoms with Crippen molar-refractivity contribution in [3.63, 3.8) is 0 Å². The second kappa shape index (κ2) is 4.91. The minimum Gasteiger partial charge on any atom is -0.317 e. The zero-order chi connectivity index (χ0) is 9.68. The summed E-state index contributed by atoms with van der Waals surface area (Å²) in [6.45, 7) is 2.17. The summed E-state index contributed by atoms with van der Waals surface area (Å²) in [5, 5.41) is 15.0. The summed E-state index contributed by atoms with van der Waals surface area (Å²) in [4.78, 5) is 1.50. The van der Waals surface area contributed by atoms with E-state index in [-0.39, 0.29) is 0 Å². The highest BCUT2D eigenvalue weighted by Crippen LogP contribution is 2.00. The molecule has 0 spiro atoms. The van der Waals surface area contributed by atoms with Crippen LogP contribution in [0, 0.1) is 0 Å². The van der Waals surface area contributed by atoms with Gasteiger partial charge in [-0.2, -0.15) is 4.80 Å². The fourth-order valence-corrected chi connectivity index (χ4v) is 1.13. The molecule has 1 atom stereocenters. The minimum absolute atomic E-state index is 0.566. The van der Waals surface area contributed by atoms with Gasteiger partial charge in [0.15, 0.2) is 5.82 Å². The van der Waals surface area contributed by atoms with Gasteiger partial charge in [0.1, 0.15) is 0 Å². The summed E-state index contributed by atoms with van der Waals surface area (Å²) in [7, 11) is 3.76. The molecule has 0 fully saturated rings. The summed E-state index contributed by atoms with van der Waals surface area (Å²) in [6.07, 6.45) is 3.17. The number of hydrogen-bond donors (Lipinski definition) is 1. The maximum Gasteiger partial charge on any atom is 0.174 e. The average Bonchev–Trinajstić information content (AvgIpc) is 2.51. The summed E-state index contributed by atoms with van der Waals surface area (Å²) in [5.74, 6) is 0.839. The van der Waals surface area contributed by atoms with Crippen molar-refractivity contribution in [2.45, 2.75) is 32.2 Å². The van der Waals surface area contributed by atoms with Crippen molar-refractivity contribution in [1.29, 1.82) is 0 Å². The van der Waals surface area contributed by atoms with Gasteiger partial charge in [-0.05, 0) is 32.0 Å². The average molecular weight is 183 g/mol. The highest BCUT2D eigenvalue weighted by Gasteiger charge is 2.02. The van der Waals surface area contributed by atoms with Gasteiger partial charge in [-0.15, -0.1) is 10.2 Å². The standard InChI is InChI=1S/C8H17N5/c1-7(9-2)5-4-6-8-10-12-13(3)11-8/h7,9H,4-6H2,1-3H3. The van der Waals surface area contributed by atoms with Gasteiger partial charge in [0.2, 0.25) is 0 Å². The van der Waals surface area contributed by atoms with Crippen LogP contribution in [-0.2, 0) is 13.5 Å². The second-order valence-corrected chi connectivity index (χ2v) is 3.28. The van der Waals surface area contributed by atoms with E-state index < -0.39 is 0 Å². The molecule has 1 rings (SSSR count). The highest BCUT2D eigenvalue weighted by atomic mass is 15.6. The Morgan fingerprint density at radius 2 is 2.31 bits per heavy atom. The zero-order valence-corrected chi connectivity index (χ0v) is 8.49. The molecule has 0 aromatic carbocycles. The van der Waals surface area contributed by atoms with E-state index in [0.29, 0.717) is 6.04 Å². The van der Waals surface area contributed by atoms with Gasteiger partial charge in [0.25, 0.3) is 0 Å². The molecular weight excluding hydrogens is 166 g/mol. The summed E-state index contributed by atoms with van der Waals surface area (Å²) >= 11 is 0. The molecule has 0 aliphatic carbocycles. The first kappa shape index (κ1) is 10.1. The molecule has 0 aliphatic heterocycles. The number of nitrogens with one attached hydrogen (secondary N) is 1. The van der Waals surface area contributed by atoms with E-state index in [1.165, 1.54) is 4.80 Å². The molecule has 74 valence electrons. The van der Waals surface area contributed by atoms with Gasteiger partial charge >= 0.3 is 0 Å². The van der Waals surface area contributed by atoms with Crippen LogP contribution in [0.15, 0.2) is 0 Å². The Balaban J connectivity index is 2.20. The fraction of sp³-hybridized carbons (Fsp3) is 0.875. The maximum absolute atomic E-state index is 4.11. The van der Waals surface area contributed by atoms with Crippen LogP contribution in [-0.4, -0.2) is 33.3 Å². The number of nitrogens with zero attached hydrogens (tertiary/aromatic N) is 4. The lowest BCUT2D eigenvalue weighted by Gasteiger charge is -2.07. The summed E-state index contributed by atoms with van der Waals surface area (Å²) in [6, 6.07) is 0.566. The molecule has 0 saturated carbocycles. The van der Waals surface area contributed by atoms with Gasteiger partial charge in [0, 0.05) is 12.5 Å². The molecule has 1 heterocycles. The van der Waals surface area contributed by atoms with E-state index in [9.17, 15) is 0 Å². The van der Waals surface area contributed by atoms with E-state index in [2.05, 4.69) is 27.7 Å². The molecule has 1 unspecified atom stereocenters. The molecule has 1 aromatic rings. The van der Waals surface area contributed by atoms with Crippen LogP contribution in [0.3, 0.4) is 0 Å². The Kier molecular flexibility index (Phi) is 3.82. The van der Waals surface area contributed by atoms with Gasteiger partial charge in [0.05, 0.1) is 7.05 Å². The van der Waals surface area contributed by atoms with Gasteiger partial charge in [-0.25, -0.2) is 0 Å². The second-order valence-electron chi connectivity index (χ2n) is 3.28. The minimum atomic E-state index is 0.566. The topological polar surface area (TPSA) is 55.6 Å². The number of aromatic nitrogens is 4. The Labute approximate surface area is 78.5 Å². The number of aryl methyl sites for hydroxylation is 2. The van der Waals surface area contributed by atoms with E-state index in [4.69, 9.17) is 0 Å². The van der Waals surface area contributed by atoms with Crippen molar-refractivity contribution in [3.8, 4) is 0 Å². The predicted octanol–water partition coefficient (Wildman–Crippen LogP) is 0.141. The molecule has 13 heavy (non-hydrogen) atoms. The van der Waals surface area contributed by atoms with Gasteiger partial charge in [-0.3, -0.25) is 0 Å². The van der Waals surface area contributed by atoms with Crippen molar-refractivity contribution in [2.75, 3.05) is 7.05 Å². The van der Waals surface area contributed by atoms with Crippen molar-refractivity contribution in [3.05, 3.63) is 5.82 Å². The first-order valence-electron chi connectivity index (χ1n) is 4.62. The summed E-state index contributed by atoms with van der Waals surface area (Å²) < 4.78 is 0. The Morgan fingerprint density at radius 3 is 2.85 bits per heavy atom. The number of tetrazole rings is 1. The molecule has 5 nitrogen and oxygen atoms in total. The van der Waals surface area contributed by atoms with Crippen LogP contribution in [0.1, 0.15) is 25.6 Å². The van der Waals surface area contributed by atoms with E-state index in [1.807, 2.05) is 7.05 Å². The Bertz CT molecular complexity index is 244. The fourth-order valence-electron chi connectivity index (χ4n) is 1.13. The van der Waals surface area contributed by atoms with Crippen molar-refractivity contribution < 1.29 is 0 Å². The van der Waals surface area contributed by atoms with E-state index >= 15 is 0 Å². The molecule has 5 heteroatoms. The molecule has 1 N–H and O–H groups in total. The number of rotatable bonds is 5. The van der Waals surface area contributed by atoms with Crippen LogP contribution < -0.4 is 5.32 Å². The van der Waals surface area contributed by atoms with E-state index in [0.717, 1.165) is 25.1 Å². The third-order valence-electron chi connectivity index (χ3n) is 2.08. The van der Waals surface area contributed by atoms with Crippen molar-refractivity contribution in [2.24, 2.45) is 7.05 Å². The van der Waals surface area contributed by atoms with Crippen molar-refractivity contribution >= 4 is 0 Å². The smallest absolute Gasteiger partial charge is 0.174 e. The molecule has 0 bridgehead atoms. The summed E-state index contributed by atoms with van der Waals surface area (Å²) in [5.41, 5.74) is 0. The molecule has 1 aromatic heterocycles. The lowest BCUT2D eigenvalue weighted by Crippen LogP contribution is -2.20. The quantitative estimate of drug-likeness (QED) is 0.705. The lowest BCUT2D eigenvalue weighted by molar-refractivity contribution is 0.536. The van der Waals surface area contributed by atoms with Gasteiger partial charge < -0.3 is 5.32 Å². The van der Waals surface area contributed by atoms with Crippen LogP contribution in [0.2, 0.25) is 0 Å². The first-order valence-corrected chi connectivity index (χ1v) is 4.62. The lowest BCUT2D eigenvalue weighted by atomic mass is 10.1. The predicted molar refractivity (Wildman–Crippen MR) is 50.3 cm³/mol. The highest BCUT2D eigenvalue weighted by molar-refractivity contribution is 4.76. The largest absolute Gasteiger partial charge is 0.317 e. The monoisotopic (exact) mass is 183 g/mol. The van der Waals surface area contributed by atoms with Crippen LogP contribution in [0.5, 0.6) is 0 Å². The molecule has 0 aliphatic rings. The third kappa shape index (κ3) is 3.50. The molecular formula is C8H17N5.